The Balaban J connectivity index is 2.44. The fraction of sp³-hybridized carbons (Fsp3) is 0.733. The third kappa shape index (κ3) is 6.03. The van der Waals surface area contributed by atoms with Crippen LogP contribution in [0.5, 0.6) is 0 Å². The molecular weight excluding hydrogens is 297 g/mol. The Labute approximate surface area is 131 Å². The van der Waals surface area contributed by atoms with E-state index < -0.39 is 0 Å². The molecule has 19 heavy (non-hydrogen) atoms. The van der Waals surface area contributed by atoms with Crippen LogP contribution in [0.4, 0.5) is 0 Å². The summed E-state index contributed by atoms with van der Waals surface area (Å²) in [5, 5.41) is 3.58. The van der Waals surface area contributed by atoms with Gasteiger partial charge in [-0.15, -0.1) is 11.3 Å². The molecule has 1 atom stereocenters. The van der Waals surface area contributed by atoms with Crippen molar-refractivity contribution in [1.82, 2.24) is 5.32 Å². The van der Waals surface area contributed by atoms with Crippen LogP contribution in [-0.4, -0.2) is 6.54 Å². The van der Waals surface area contributed by atoms with E-state index in [0.717, 1.165) is 20.8 Å². The molecule has 1 rings (SSSR count). The lowest BCUT2D eigenvalue weighted by molar-refractivity contribution is 0.291. The fourth-order valence-corrected chi connectivity index (χ4v) is 3.78. The smallest absolute Gasteiger partial charge is 0.0991 e. The molecule has 1 aromatic heterocycles. The molecule has 1 aromatic rings. The van der Waals surface area contributed by atoms with Crippen LogP contribution in [0.3, 0.4) is 0 Å². The third-order valence-corrected chi connectivity index (χ3v) is 5.01. The van der Waals surface area contributed by atoms with Gasteiger partial charge in [0.05, 0.1) is 8.67 Å². The van der Waals surface area contributed by atoms with Crippen LogP contribution in [0, 0.1) is 5.41 Å². The van der Waals surface area contributed by atoms with Gasteiger partial charge < -0.3 is 5.32 Å². The van der Waals surface area contributed by atoms with E-state index in [1.54, 1.807) is 0 Å². The number of thiophene rings is 1. The minimum Gasteiger partial charge on any atom is -0.310 e. The van der Waals surface area contributed by atoms with E-state index in [1.165, 1.54) is 37.0 Å². The fourth-order valence-electron chi connectivity index (χ4n) is 2.13. The topological polar surface area (TPSA) is 12.0 Å². The van der Waals surface area contributed by atoms with Gasteiger partial charge >= 0.3 is 0 Å². The first-order valence-electron chi connectivity index (χ1n) is 7.04. The molecule has 0 saturated carbocycles. The van der Waals surface area contributed by atoms with Gasteiger partial charge in [-0.05, 0) is 30.4 Å². The maximum atomic E-state index is 6.19. The Morgan fingerprint density at radius 2 is 2.00 bits per heavy atom. The maximum absolute atomic E-state index is 6.19. The van der Waals surface area contributed by atoms with Gasteiger partial charge in [-0.1, -0.05) is 63.2 Å². The molecule has 0 aliphatic carbocycles. The minimum atomic E-state index is 0.252. The Kier molecular flexibility index (Phi) is 7.17. The van der Waals surface area contributed by atoms with Gasteiger partial charge in [-0.3, -0.25) is 0 Å². The molecule has 1 nitrogen and oxygen atoms in total. The molecule has 0 amide bonds. The van der Waals surface area contributed by atoms with Gasteiger partial charge in [-0.2, -0.15) is 0 Å². The van der Waals surface area contributed by atoms with Crippen molar-refractivity contribution in [2.45, 2.75) is 59.4 Å². The van der Waals surface area contributed by atoms with Crippen molar-refractivity contribution >= 4 is 34.5 Å². The summed E-state index contributed by atoms with van der Waals surface area (Å²) in [4.78, 5) is 0. The maximum Gasteiger partial charge on any atom is 0.0991 e. The highest BCUT2D eigenvalue weighted by Gasteiger charge is 2.20. The Hall–Kier alpha value is 0.240. The van der Waals surface area contributed by atoms with Gasteiger partial charge in [0, 0.05) is 12.6 Å². The zero-order chi connectivity index (χ0) is 14.5. The Morgan fingerprint density at radius 3 is 2.53 bits per heavy atom. The van der Waals surface area contributed by atoms with Crippen LogP contribution < -0.4 is 5.32 Å². The summed E-state index contributed by atoms with van der Waals surface area (Å²) in [6, 6.07) is 2.22. The minimum absolute atomic E-state index is 0.252. The first kappa shape index (κ1) is 17.3. The number of unbranched alkanes of at least 4 members (excludes halogenated alkanes) is 2. The van der Waals surface area contributed by atoms with Crippen molar-refractivity contribution in [3.63, 3.8) is 0 Å². The summed E-state index contributed by atoms with van der Waals surface area (Å²) in [7, 11) is 0. The van der Waals surface area contributed by atoms with E-state index in [2.05, 4.69) is 33.0 Å². The van der Waals surface area contributed by atoms with Crippen LogP contribution in [0.15, 0.2) is 6.07 Å². The average Bonchev–Trinajstić information content (AvgIpc) is 2.66. The first-order valence-corrected chi connectivity index (χ1v) is 8.61. The summed E-state index contributed by atoms with van der Waals surface area (Å²) in [5.74, 6) is 0. The molecule has 0 aromatic carbocycles. The van der Waals surface area contributed by atoms with Gasteiger partial charge in [0.15, 0.2) is 0 Å². The van der Waals surface area contributed by atoms with E-state index in [-0.39, 0.29) is 6.04 Å². The monoisotopic (exact) mass is 321 g/mol. The van der Waals surface area contributed by atoms with Crippen molar-refractivity contribution in [2.75, 3.05) is 6.54 Å². The second-order valence-electron chi connectivity index (χ2n) is 6.00. The standard InChI is InChI=1S/C15H25Cl2NS/c1-5-6-7-8-15(3,4)10-18-11(2)12-9-13(16)19-14(12)17/h9,11,18H,5-8,10H2,1-4H3. The second kappa shape index (κ2) is 7.87. The van der Waals surface area contributed by atoms with E-state index in [1.807, 2.05) is 6.07 Å². The summed E-state index contributed by atoms with van der Waals surface area (Å²) < 4.78 is 1.56. The normalized spacial score (nSPS) is 13.8. The van der Waals surface area contributed by atoms with Gasteiger partial charge in [0.25, 0.3) is 0 Å². The zero-order valence-corrected chi connectivity index (χ0v) is 14.7. The van der Waals surface area contributed by atoms with Crippen LogP contribution >= 0.6 is 34.5 Å². The second-order valence-corrected chi connectivity index (χ2v) is 8.29. The summed E-state index contributed by atoms with van der Waals surface area (Å²) in [5.41, 5.74) is 1.44. The lowest BCUT2D eigenvalue weighted by atomic mass is 9.86. The number of rotatable bonds is 8. The van der Waals surface area contributed by atoms with Crippen molar-refractivity contribution in [3.8, 4) is 0 Å². The number of hydrogen-bond acceptors (Lipinski definition) is 2. The lowest BCUT2D eigenvalue weighted by Crippen LogP contribution is -2.31. The Bertz CT molecular complexity index is 387. The summed E-state index contributed by atoms with van der Waals surface area (Å²) in [6.45, 7) is 10.0. The highest BCUT2D eigenvalue weighted by atomic mass is 35.5. The van der Waals surface area contributed by atoms with Gasteiger partial charge in [-0.25, -0.2) is 0 Å². The molecule has 0 aliphatic rings. The van der Waals surface area contributed by atoms with Crippen molar-refractivity contribution in [1.29, 1.82) is 0 Å². The van der Waals surface area contributed by atoms with Crippen molar-refractivity contribution < 1.29 is 0 Å². The van der Waals surface area contributed by atoms with Gasteiger partial charge in [0.1, 0.15) is 0 Å². The number of nitrogens with one attached hydrogen (secondary N) is 1. The van der Waals surface area contributed by atoms with E-state index in [4.69, 9.17) is 23.2 Å². The molecule has 0 bridgehead atoms. The molecular formula is C15H25Cl2NS. The van der Waals surface area contributed by atoms with Crippen LogP contribution in [0.1, 0.15) is 65.0 Å². The van der Waals surface area contributed by atoms with Crippen LogP contribution in [-0.2, 0) is 0 Å². The van der Waals surface area contributed by atoms with Gasteiger partial charge in [0.2, 0.25) is 0 Å². The molecule has 0 saturated heterocycles. The van der Waals surface area contributed by atoms with Crippen molar-refractivity contribution in [3.05, 3.63) is 20.3 Å². The molecule has 110 valence electrons. The number of halogens is 2. The largest absolute Gasteiger partial charge is 0.310 e. The SMILES string of the molecule is CCCCCC(C)(C)CNC(C)c1cc(Cl)sc1Cl. The molecule has 1 unspecified atom stereocenters. The number of hydrogen-bond donors (Lipinski definition) is 1. The predicted molar refractivity (Wildman–Crippen MR) is 88.7 cm³/mol. The zero-order valence-electron chi connectivity index (χ0n) is 12.4. The van der Waals surface area contributed by atoms with Crippen molar-refractivity contribution in [2.24, 2.45) is 5.41 Å². The van der Waals surface area contributed by atoms with Crippen LogP contribution in [0.2, 0.25) is 8.67 Å². The highest BCUT2D eigenvalue weighted by Crippen LogP contribution is 2.35. The highest BCUT2D eigenvalue weighted by molar-refractivity contribution is 7.20. The van der Waals surface area contributed by atoms with Crippen LogP contribution in [0.25, 0.3) is 0 Å². The van der Waals surface area contributed by atoms with E-state index in [9.17, 15) is 0 Å². The lowest BCUT2D eigenvalue weighted by Gasteiger charge is -2.27. The first-order chi connectivity index (χ1) is 8.85. The molecule has 0 radical (unpaired) electrons. The van der Waals surface area contributed by atoms with E-state index >= 15 is 0 Å². The molecule has 0 aliphatic heterocycles. The Morgan fingerprint density at radius 1 is 1.32 bits per heavy atom. The van der Waals surface area contributed by atoms with E-state index in [0.29, 0.717) is 5.41 Å². The summed E-state index contributed by atoms with van der Waals surface area (Å²) in [6.07, 6.45) is 5.18. The predicted octanol–water partition coefficient (Wildman–Crippen LogP) is 6.31. The average molecular weight is 322 g/mol. The molecule has 1 N–H and O–H groups in total. The molecule has 0 fully saturated rings. The molecule has 0 spiro atoms. The molecule has 4 heteroatoms. The quantitative estimate of drug-likeness (QED) is 0.553. The summed E-state index contributed by atoms with van der Waals surface area (Å²) >= 11 is 13.6. The third-order valence-electron chi connectivity index (χ3n) is 3.49. The molecule has 1 heterocycles.